The van der Waals surface area contributed by atoms with Crippen LogP contribution in [0, 0.1) is 5.41 Å². The van der Waals surface area contributed by atoms with Gasteiger partial charge in [-0.05, 0) is 32.6 Å². The molecule has 0 aromatic rings. The molecular weight excluding hydrogens is 176 g/mol. The van der Waals surface area contributed by atoms with Gasteiger partial charge in [-0.15, -0.1) is 0 Å². The van der Waals surface area contributed by atoms with Gasteiger partial charge in [0.1, 0.15) is 5.60 Å². The van der Waals surface area contributed by atoms with E-state index in [1.165, 1.54) is 12.8 Å². The van der Waals surface area contributed by atoms with Crippen LogP contribution in [0.3, 0.4) is 0 Å². The lowest BCUT2D eigenvalue weighted by Crippen LogP contribution is -2.41. The summed E-state index contributed by atoms with van der Waals surface area (Å²) >= 11 is 0. The Morgan fingerprint density at radius 3 is 2.50 bits per heavy atom. The van der Waals surface area contributed by atoms with Gasteiger partial charge in [-0.3, -0.25) is 4.79 Å². The maximum atomic E-state index is 11.5. The molecule has 0 aromatic heterocycles. The number of esters is 1. The molecule has 0 amide bonds. The van der Waals surface area contributed by atoms with E-state index in [4.69, 9.17) is 4.74 Å². The van der Waals surface area contributed by atoms with Crippen LogP contribution in [0.4, 0.5) is 0 Å². The van der Waals surface area contributed by atoms with Gasteiger partial charge in [0.05, 0.1) is 6.42 Å². The van der Waals surface area contributed by atoms with Crippen LogP contribution >= 0.6 is 0 Å². The molecule has 2 rings (SSSR count). The molecule has 1 atom stereocenters. The zero-order valence-corrected chi connectivity index (χ0v) is 9.06. The van der Waals surface area contributed by atoms with Crippen LogP contribution in [0.5, 0.6) is 0 Å². The van der Waals surface area contributed by atoms with Crippen molar-refractivity contribution in [3.63, 3.8) is 0 Å². The molecule has 0 aromatic carbocycles. The topological polar surface area (TPSA) is 26.3 Å². The molecule has 14 heavy (non-hydrogen) atoms. The van der Waals surface area contributed by atoms with Crippen molar-refractivity contribution < 1.29 is 9.53 Å². The molecule has 2 nitrogen and oxygen atoms in total. The van der Waals surface area contributed by atoms with Crippen molar-refractivity contribution in [3.8, 4) is 0 Å². The molecule has 1 aliphatic carbocycles. The fourth-order valence-electron chi connectivity index (χ4n) is 2.96. The van der Waals surface area contributed by atoms with E-state index in [-0.39, 0.29) is 17.0 Å². The van der Waals surface area contributed by atoms with Crippen LogP contribution in [-0.2, 0) is 9.53 Å². The van der Waals surface area contributed by atoms with E-state index in [1.807, 2.05) is 6.92 Å². The van der Waals surface area contributed by atoms with Crippen molar-refractivity contribution in [2.45, 2.75) is 51.6 Å². The average molecular weight is 194 g/mol. The molecule has 1 unspecified atom stereocenters. The zero-order chi connectivity index (χ0) is 10.4. The smallest absolute Gasteiger partial charge is 0.307 e. The lowest BCUT2D eigenvalue weighted by Gasteiger charge is -2.38. The molecular formula is C12H18O2. The summed E-state index contributed by atoms with van der Waals surface area (Å²) < 4.78 is 5.59. The first kappa shape index (κ1) is 9.75. The first-order valence-electron chi connectivity index (χ1n) is 5.38. The summed E-state index contributed by atoms with van der Waals surface area (Å²) in [6.45, 7) is 8.18. The van der Waals surface area contributed by atoms with E-state index >= 15 is 0 Å². The first-order chi connectivity index (χ1) is 6.50. The Morgan fingerprint density at radius 1 is 1.43 bits per heavy atom. The summed E-state index contributed by atoms with van der Waals surface area (Å²) in [6, 6.07) is 0. The van der Waals surface area contributed by atoms with Crippen LogP contribution in [0.25, 0.3) is 0 Å². The van der Waals surface area contributed by atoms with Crippen LogP contribution in [0.2, 0.25) is 0 Å². The Bertz CT molecular complexity index is 287. The molecule has 0 N–H and O–H groups in total. The molecule has 2 heteroatoms. The van der Waals surface area contributed by atoms with E-state index in [0.717, 1.165) is 18.4 Å². The molecule has 1 spiro atoms. The normalized spacial score (nSPS) is 34.9. The number of hydrogen-bond acceptors (Lipinski definition) is 2. The van der Waals surface area contributed by atoms with Crippen molar-refractivity contribution in [3.05, 3.63) is 12.2 Å². The summed E-state index contributed by atoms with van der Waals surface area (Å²) in [6.07, 6.45) is 4.90. The Balaban J connectivity index is 2.39. The fourth-order valence-corrected chi connectivity index (χ4v) is 2.96. The van der Waals surface area contributed by atoms with Gasteiger partial charge in [-0.2, -0.15) is 0 Å². The predicted octanol–water partition coefficient (Wildman–Crippen LogP) is 2.83. The largest absolute Gasteiger partial charge is 0.458 e. The minimum Gasteiger partial charge on any atom is -0.458 e. The lowest BCUT2D eigenvalue weighted by molar-refractivity contribution is -0.150. The number of carbonyl (C=O) groups excluding carboxylic acids is 1. The van der Waals surface area contributed by atoms with Crippen molar-refractivity contribution in [2.24, 2.45) is 5.41 Å². The minimum absolute atomic E-state index is 0.0441. The van der Waals surface area contributed by atoms with E-state index in [0.29, 0.717) is 6.42 Å². The molecule has 1 aliphatic heterocycles. The van der Waals surface area contributed by atoms with E-state index < -0.39 is 0 Å². The second-order valence-corrected chi connectivity index (χ2v) is 4.96. The van der Waals surface area contributed by atoms with Crippen molar-refractivity contribution in [1.29, 1.82) is 0 Å². The SMILES string of the molecule is C=C(C)C1(C)CC(=O)OC12CCCC2. The third kappa shape index (κ3) is 1.06. The van der Waals surface area contributed by atoms with Crippen LogP contribution in [-0.4, -0.2) is 11.6 Å². The van der Waals surface area contributed by atoms with E-state index in [1.54, 1.807) is 0 Å². The van der Waals surface area contributed by atoms with E-state index in [2.05, 4.69) is 13.5 Å². The maximum absolute atomic E-state index is 11.5. The summed E-state index contributed by atoms with van der Waals surface area (Å²) in [5, 5.41) is 0. The van der Waals surface area contributed by atoms with Gasteiger partial charge in [-0.1, -0.05) is 19.1 Å². The van der Waals surface area contributed by atoms with Gasteiger partial charge in [0.2, 0.25) is 0 Å². The molecule has 2 aliphatic rings. The monoisotopic (exact) mass is 194 g/mol. The molecule has 2 fully saturated rings. The Labute approximate surface area is 85.3 Å². The van der Waals surface area contributed by atoms with Crippen molar-refractivity contribution >= 4 is 5.97 Å². The van der Waals surface area contributed by atoms with Gasteiger partial charge in [0.25, 0.3) is 0 Å². The highest BCUT2D eigenvalue weighted by atomic mass is 16.6. The maximum Gasteiger partial charge on any atom is 0.307 e. The summed E-state index contributed by atoms with van der Waals surface area (Å²) in [5.41, 5.74) is 0.751. The second-order valence-electron chi connectivity index (χ2n) is 4.96. The fraction of sp³-hybridized carbons (Fsp3) is 0.750. The molecule has 1 heterocycles. The molecule has 0 bridgehead atoms. The standard InChI is InChI=1S/C12H18O2/c1-9(2)11(3)8-10(13)14-12(11)6-4-5-7-12/h1,4-8H2,2-3H3. The zero-order valence-electron chi connectivity index (χ0n) is 9.06. The van der Waals surface area contributed by atoms with Crippen LogP contribution in [0.15, 0.2) is 12.2 Å². The number of carbonyl (C=O) groups is 1. The Hall–Kier alpha value is -0.790. The first-order valence-corrected chi connectivity index (χ1v) is 5.38. The van der Waals surface area contributed by atoms with Crippen molar-refractivity contribution in [2.75, 3.05) is 0 Å². The Kier molecular flexibility index (Phi) is 1.98. The highest BCUT2D eigenvalue weighted by molar-refractivity contribution is 5.75. The highest BCUT2D eigenvalue weighted by Crippen LogP contribution is 2.56. The molecule has 1 saturated carbocycles. The van der Waals surface area contributed by atoms with Crippen LogP contribution < -0.4 is 0 Å². The van der Waals surface area contributed by atoms with Gasteiger partial charge >= 0.3 is 5.97 Å². The van der Waals surface area contributed by atoms with E-state index in [9.17, 15) is 4.79 Å². The summed E-state index contributed by atoms with van der Waals surface area (Å²) in [7, 11) is 0. The Morgan fingerprint density at radius 2 is 2.00 bits per heavy atom. The van der Waals surface area contributed by atoms with Gasteiger partial charge in [-0.25, -0.2) is 0 Å². The summed E-state index contributed by atoms with van der Waals surface area (Å²) in [4.78, 5) is 11.5. The quantitative estimate of drug-likeness (QED) is 0.474. The third-order valence-electron chi connectivity index (χ3n) is 4.17. The van der Waals surface area contributed by atoms with Gasteiger partial charge < -0.3 is 4.74 Å². The number of ether oxygens (including phenoxy) is 1. The molecule has 78 valence electrons. The minimum atomic E-state index is -0.212. The number of hydrogen-bond donors (Lipinski definition) is 0. The second kappa shape index (κ2) is 2.85. The lowest BCUT2D eigenvalue weighted by atomic mass is 9.68. The van der Waals surface area contributed by atoms with Gasteiger partial charge in [0, 0.05) is 5.41 Å². The average Bonchev–Trinajstić information content (AvgIpc) is 2.61. The molecule has 1 saturated heterocycles. The third-order valence-corrected chi connectivity index (χ3v) is 4.17. The summed E-state index contributed by atoms with van der Waals surface area (Å²) in [5.74, 6) is -0.0441. The predicted molar refractivity (Wildman–Crippen MR) is 54.8 cm³/mol. The number of rotatable bonds is 1. The van der Waals surface area contributed by atoms with Crippen LogP contribution in [0.1, 0.15) is 46.0 Å². The van der Waals surface area contributed by atoms with Gasteiger partial charge in [0.15, 0.2) is 0 Å². The van der Waals surface area contributed by atoms with Crippen molar-refractivity contribution in [1.82, 2.24) is 0 Å². The highest BCUT2D eigenvalue weighted by Gasteiger charge is 2.58. The molecule has 0 radical (unpaired) electrons.